The van der Waals surface area contributed by atoms with Gasteiger partial charge in [0.25, 0.3) is 0 Å². The van der Waals surface area contributed by atoms with Crippen LogP contribution in [-0.2, 0) is 22.4 Å². The predicted molar refractivity (Wildman–Crippen MR) is 129 cm³/mol. The molecule has 2 aliphatic heterocycles. The van der Waals surface area contributed by atoms with Crippen molar-refractivity contribution in [1.82, 2.24) is 10.6 Å². The van der Waals surface area contributed by atoms with Crippen LogP contribution in [0.4, 0.5) is 0 Å². The first-order valence-corrected chi connectivity index (χ1v) is 12.1. The number of aliphatic hydroxyl groups excluding tert-OH is 1. The predicted octanol–water partition coefficient (Wildman–Crippen LogP) is 2.92. The van der Waals surface area contributed by atoms with E-state index in [1.54, 1.807) is 0 Å². The third kappa shape index (κ3) is 4.95. The molecule has 3 aliphatic rings. The molecule has 166 valence electrons. The van der Waals surface area contributed by atoms with Crippen molar-refractivity contribution in [2.75, 3.05) is 13.1 Å². The van der Waals surface area contributed by atoms with Gasteiger partial charge in [-0.05, 0) is 74.3 Å². The summed E-state index contributed by atoms with van der Waals surface area (Å²) in [5.74, 6) is -0.326. The second-order valence-electron chi connectivity index (χ2n) is 9.11. The number of thiocarbonyl (C=S) groups is 2. The number of rotatable bonds is 8. The van der Waals surface area contributed by atoms with Crippen molar-refractivity contribution < 1.29 is 14.7 Å². The van der Waals surface area contributed by atoms with Gasteiger partial charge in [-0.1, -0.05) is 36.5 Å². The average Bonchev–Trinajstić information content (AvgIpc) is 3.40. The van der Waals surface area contributed by atoms with Crippen LogP contribution < -0.4 is 10.6 Å². The molecule has 2 fully saturated rings. The number of aryl methyl sites for hydroxylation is 1. The Balaban J connectivity index is 1.32. The van der Waals surface area contributed by atoms with Gasteiger partial charge < -0.3 is 15.7 Å². The van der Waals surface area contributed by atoms with E-state index in [-0.39, 0.29) is 16.6 Å². The van der Waals surface area contributed by atoms with Crippen LogP contribution in [0.3, 0.4) is 0 Å². The molecular formula is C24H30N2O3S2. The molecule has 2 heterocycles. The lowest BCUT2D eigenvalue weighted by molar-refractivity contribution is -0.129. The Bertz CT molecular complexity index is 887. The van der Waals surface area contributed by atoms with Gasteiger partial charge in [-0.15, -0.1) is 0 Å². The maximum atomic E-state index is 13.2. The van der Waals surface area contributed by atoms with Gasteiger partial charge in [-0.3, -0.25) is 9.59 Å². The average molecular weight is 459 g/mol. The third-order valence-corrected chi connectivity index (χ3v) is 7.82. The summed E-state index contributed by atoms with van der Waals surface area (Å²) >= 11 is 10.4. The Morgan fingerprint density at radius 2 is 1.87 bits per heavy atom. The van der Waals surface area contributed by atoms with Crippen molar-refractivity contribution in [1.29, 1.82) is 0 Å². The number of nitrogens with one attached hydrogen (secondary N) is 2. The summed E-state index contributed by atoms with van der Waals surface area (Å²) in [7, 11) is 0. The second kappa shape index (κ2) is 9.94. The van der Waals surface area contributed by atoms with Gasteiger partial charge in [0.05, 0.1) is 18.0 Å². The van der Waals surface area contributed by atoms with E-state index in [1.165, 1.54) is 17.5 Å². The lowest BCUT2D eigenvalue weighted by atomic mass is 9.80. The first-order valence-electron chi connectivity index (χ1n) is 11.3. The Morgan fingerprint density at radius 3 is 2.65 bits per heavy atom. The van der Waals surface area contributed by atoms with E-state index in [4.69, 9.17) is 24.4 Å². The molecule has 2 saturated heterocycles. The quantitative estimate of drug-likeness (QED) is 0.517. The molecule has 1 aliphatic carbocycles. The zero-order valence-electron chi connectivity index (χ0n) is 17.6. The van der Waals surface area contributed by atoms with Crippen molar-refractivity contribution in [3.05, 3.63) is 35.4 Å². The molecule has 1 aromatic carbocycles. The molecule has 0 spiro atoms. The molecule has 31 heavy (non-hydrogen) atoms. The molecule has 5 nitrogen and oxygen atoms in total. The fourth-order valence-corrected chi connectivity index (χ4v) is 6.09. The Labute approximate surface area is 194 Å². The molecule has 0 amide bonds. The fourth-order valence-electron chi connectivity index (χ4n) is 5.49. The molecule has 0 bridgehead atoms. The number of hydrogen-bond donors (Lipinski definition) is 3. The van der Waals surface area contributed by atoms with Crippen molar-refractivity contribution >= 4 is 45.9 Å². The first kappa shape index (κ1) is 22.6. The van der Waals surface area contributed by atoms with E-state index in [0.717, 1.165) is 25.7 Å². The Morgan fingerprint density at radius 1 is 1.10 bits per heavy atom. The minimum absolute atomic E-state index is 0.0616. The van der Waals surface area contributed by atoms with Crippen molar-refractivity contribution in [2.24, 2.45) is 17.8 Å². The fraction of sp³-hybridized carbons (Fsp3) is 0.583. The van der Waals surface area contributed by atoms with Crippen LogP contribution in [-0.4, -0.2) is 51.8 Å². The number of hydrogen-bond acceptors (Lipinski definition) is 6. The van der Waals surface area contributed by atoms with Crippen molar-refractivity contribution in [3.63, 3.8) is 0 Å². The minimum atomic E-state index is -0.594. The summed E-state index contributed by atoms with van der Waals surface area (Å²) < 4.78 is 0. The number of fused-ring (bicyclic) bond motifs is 1. The molecular weight excluding hydrogens is 428 g/mol. The maximum absolute atomic E-state index is 13.2. The number of aliphatic hydroxyl groups is 1. The SMILES string of the molecule is O=C(CCC[C@@H]1CCc2ccccc2C1)C1C(=S)CN[C@@H]1C(=O)C1CCN[C@@H]1C(O)=S. The zero-order chi connectivity index (χ0) is 22.0. The van der Waals surface area contributed by atoms with Crippen LogP contribution in [0.2, 0.25) is 0 Å². The van der Waals surface area contributed by atoms with Gasteiger partial charge in [-0.25, -0.2) is 0 Å². The molecule has 0 radical (unpaired) electrons. The van der Waals surface area contributed by atoms with Crippen molar-refractivity contribution in [2.45, 2.75) is 57.0 Å². The third-order valence-electron chi connectivity index (χ3n) is 7.17. The van der Waals surface area contributed by atoms with Crippen LogP contribution >= 0.6 is 24.4 Å². The largest absolute Gasteiger partial charge is 0.501 e. The van der Waals surface area contributed by atoms with E-state index in [2.05, 4.69) is 34.9 Å². The van der Waals surface area contributed by atoms with Gasteiger partial charge in [-0.2, -0.15) is 0 Å². The lowest BCUT2D eigenvalue weighted by Gasteiger charge is -2.25. The zero-order valence-corrected chi connectivity index (χ0v) is 19.3. The summed E-state index contributed by atoms with van der Waals surface area (Å²) in [4.78, 5) is 26.9. The van der Waals surface area contributed by atoms with Crippen LogP contribution in [0.1, 0.15) is 43.2 Å². The first-order chi connectivity index (χ1) is 15.0. The summed E-state index contributed by atoms with van der Waals surface area (Å²) in [5, 5.41) is 15.8. The molecule has 1 aromatic rings. The number of carbonyl (C=O) groups excluding carboxylic acids is 2. The smallest absolute Gasteiger partial charge is 0.174 e. The normalized spacial score (nSPS) is 30.2. The van der Waals surface area contributed by atoms with Crippen LogP contribution in [0.15, 0.2) is 24.3 Å². The summed E-state index contributed by atoms with van der Waals surface area (Å²) in [6.45, 7) is 1.04. The topological polar surface area (TPSA) is 78.4 Å². The van der Waals surface area contributed by atoms with Gasteiger partial charge in [0.2, 0.25) is 0 Å². The molecule has 3 N–H and O–H groups in total. The summed E-state index contributed by atoms with van der Waals surface area (Å²) in [6, 6.07) is 7.53. The van der Waals surface area contributed by atoms with Crippen LogP contribution in [0.5, 0.6) is 0 Å². The highest BCUT2D eigenvalue weighted by Crippen LogP contribution is 2.30. The number of carbonyl (C=O) groups is 2. The highest BCUT2D eigenvalue weighted by molar-refractivity contribution is 7.80. The van der Waals surface area contributed by atoms with Crippen LogP contribution in [0, 0.1) is 17.8 Å². The monoisotopic (exact) mass is 458 g/mol. The molecule has 0 aromatic heterocycles. The number of Topliss-reactive ketones (excluding diaryl/α,β-unsaturated/α-hetero) is 2. The number of benzene rings is 1. The minimum Gasteiger partial charge on any atom is -0.501 e. The van der Waals surface area contributed by atoms with E-state index >= 15 is 0 Å². The highest BCUT2D eigenvalue weighted by atomic mass is 32.1. The summed E-state index contributed by atoms with van der Waals surface area (Å²) in [5.41, 5.74) is 2.90. The lowest BCUT2D eigenvalue weighted by Crippen LogP contribution is -2.47. The number of ketones is 2. The van der Waals surface area contributed by atoms with Crippen LogP contribution in [0.25, 0.3) is 0 Å². The van der Waals surface area contributed by atoms with E-state index in [1.807, 2.05) is 0 Å². The second-order valence-corrected chi connectivity index (χ2v) is 10.0. The molecule has 2 unspecified atom stereocenters. The highest BCUT2D eigenvalue weighted by Gasteiger charge is 2.46. The Kier molecular flexibility index (Phi) is 7.26. The maximum Gasteiger partial charge on any atom is 0.174 e. The van der Waals surface area contributed by atoms with Gasteiger partial charge in [0.15, 0.2) is 10.8 Å². The summed E-state index contributed by atoms with van der Waals surface area (Å²) in [6.07, 6.45) is 6.31. The van der Waals surface area contributed by atoms with E-state index in [0.29, 0.717) is 36.7 Å². The van der Waals surface area contributed by atoms with E-state index in [9.17, 15) is 14.7 Å². The van der Waals surface area contributed by atoms with E-state index < -0.39 is 23.9 Å². The van der Waals surface area contributed by atoms with Crippen molar-refractivity contribution in [3.8, 4) is 0 Å². The van der Waals surface area contributed by atoms with Gasteiger partial charge >= 0.3 is 0 Å². The Hall–Kier alpha value is -1.54. The standard InChI is InChI=1S/C24H30N2O3S2/c27-18(7-3-4-14-8-9-15-5-1-2-6-16(15)12-14)20-19(30)13-26-22(20)23(28)17-10-11-25-21(17)24(29)31/h1-2,5-6,14,17,20-22,25-26H,3-4,7-13H2,(H,29,31)/t14-,17?,20?,21+,22+/m1/s1. The van der Waals surface area contributed by atoms with Gasteiger partial charge in [0.1, 0.15) is 5.78 Å². The molecule has 7 heteroatoms. The molecule has 5 atom stereocenters. The van der Waals surface area contributed by atoms with Gasteiger partial charge in [0, 0.05) is 23.7 Å². The molecule has 4 rings (SSSR count). The molecule has 0 saturated carbocycles.